The quantitative estimate of drug-likeness (QED) is 0.455. The Balaban J connectivity index is 1.69. The van der Waals surface area contributed by atoms with Crippen LogP contribution in [0.25, 0.3) is 0 Å². The Morgan fingerprint density at radius 2 is 1.80 bits per heavy atom. The number of sulfonamides is 1. The van der Waals surface area contributed by atoms with Crippen LogP contribution in [-0.2, 0) is 26.0 Å². The summed E-state index contributed by atoms with van der Waals surface area (Å²) in [7, 11) is -0.0646. The lowest BCUT2D eigenvalue weighted by atomic mass is 9.74. The molecule has 0 radical (unpaired) electrons. The SMILES string of the molecule is COc1cc2c(cc1OC)[C@H]1C[C@@H](COC(=O)CCNS(=O)(=O)C(C)C)[C@H](CC(C)C)CN1CC2. The largest absolute Gasteiger partial charge is 0.493 e. The normalized spacial score (nSPS) is 22.6. The van der Waals surface area contributed by atoms with Crippen molar-refractivity contribution in [3.8, 4) is 11.5 Å². The van der Waals surface area contributed by atoms with Crippen LogP contribution in [0.15, 0.2) is 12.1 Å². The highest BCUT2D eigenvalue weighted by atomic mass is 32.2. The van der Waals surface area contributed by atoms with Gasteiger partial charge in [-0.05, 0) is 74.1 Å². The van der Waals surface area contributed by atoms with E-state index < -0.39 is 15.3 Å². The number of nitrogens with one attached hydrogen (secondary N) is 1. The number of carbonyl (C=O) groups excluding carboxylic acids is 1. The van der Waals surface area contributed by atoms with E-state index in [2.05, 4.69) is 35.6 Å². The molecule has 8 nitrogen and oxygen atoms in total. The third-order valence-electron chi connectivity index (χ3n) is 7.26. The van der Waals surface area contributed by atoms with E-state index in [1.807, 2.05) is 0 Å². The first kappa shape index (κ1) is 27.7. The van der Waals surface area contributed by atoms with Gasteiger partial charge in [-0.15, -0.1) is 0 Å². The molecule has 198 valence electrons. The lowest BCUT2D eigenvalue weighted by Gasteiger charge is -2.47. The first-order chi connectivity index (χ1) is 16.6. The highest BCUT2D eigenvalue weighted by Gasteiger charge is 2.40. The molecule has 0 aromatic heterocycles. The Morgan fingerprint density at radius 1 is 1.11 bits per heavy atom. The fourth-order valence-electron chi connectivity index (χ4n) is 5.31. The highest BCUT2D eigenvalue weighted by Crippen LogP contribution is 2.45. The monoisotopic (exact) mass is 510 g/mol. The number of ether oxygens (including phenoxy) is 3. The summed E-state index contributed by atoms with van der Waals surface area (Å²) in [6, 6.07) is 4.46. The summed E-state index contributed by atoms with van der Waals surface area (Å²) < 4.78 is 43.0. The molecule has 9 heteroatoms. The number of benzene rings is 1. The smallest absolute Gasteiger partial charge is 0.307 e. The summed E-state index contributed by atoms with van der Waals surface area (Å²) >= 11 is 0. The number of piperidine rings is 1. The summed E-state index contributed by atoms with van der Waals surface area (Å²) in [5, 5.41) is -0.530. The van der Waals surface area contributed by atoms with E-state index in [1.165, 1.54) is 11.1 Å². The number of carbonyl (C=O) groups is 1. The van der Waals surface area contributed by atoms with Gasteiger partial charge in [-0.25, -0.2) is 13.1 Å². The first-order valence-corrected chi connectivity index (χ1v) is 14.2. The van der Waals surface area contributed by atoms with Gasteiger partial charge in [0.25, 0.3) is 0 Å². The maximum absolute atomic E-state index is 12.4. The van der Waals surface area contributed by atoms with Gasteiger partial charge in [-0.1, -0.05) is 13.8 Å². The molecule has 0 unspecified atom stereocenters. The number of rotatable bonds is 11. The second-order valence-corrected chi connectivity index (χ2v) is 12.8. The van der Waals surface area contributed by atoms with E-state index in [0.717, 1.165) is 43.9 Å². The molecule has 0 amide bonds. The lowest BCUT2D eigenvalue weighted by Crippen LogP contribution is -2.47. The molecule has 0 spiro atoms. The minimum atomic E-state index is -3.39. The van der Waals surface area contributed by atoms with Gasteiger partial charge in [0, 0.05) is 25.7 Å². The minimum Gasteiger partial charge on any atom is -0.493 e. The zero-order chi connectivity index (χ0) is 25.8. The predicted molar refractivity (Wildman–Crippen MR) is 136 cm³/mol. The van der Waals surface area contributed by atoms with Crippen LogP contribution >= 0.6 is 0 Å². The van der Waals surface area contributed by atoms with Gasteiger partial charge in [0.1, 0.15) is 0 Å². The van der Waals surface area contributed by atoms with Crippen LogP contribution in [0.1, 0.15) is 64.1 Å². The van der Waals surface area contributed by atoms with Crippen LogP contribution in [0.2, 0.25) is 0 Å². The summed E-state index contributed by atoms with van der Waals surface area (Å²) in [5.41, 5.74) is 2.57. The highest BCUT2D eigenvalue weighted by molar-refractivity contribution is 7.90. The molecule has 1 saturated heterocycles. The molecule has 35 heavy (non-hydrogen) atoms. The molecule has 1 fully saturated rings. The standard InChI is InChI=1S/C26H42N2O6S/c1-17(2)11-20-15-28-10-8-19-13-24(32-5)25(33-6)14-22(19)23(28)12-21(20)16-34-26(29)7-9-27-35(30,31)18(3)4/h13-14,17-18,20-21,23,27H,7-12,15-16H2,1-6H3/t20-,21+,23-/m1/s1. The number of hydrogen-bond donors (Lipinski definition) is 1. The second kappa shape index (κ2) is 11.9. The molecule has 3 atom stereocenters. The van der Waals surface area contributed by atoms with E-state index in [4.69, 9.17) is 14.2 Å². The molecular formula is C26H42N2O6S. The van der Waals surface area contributed by atoms with Gasteiger partial charge in [-0.3, -0.25) is 9.69 Å². The summed E-state index contributed by atoms with van der Waals surface area (Å²) in [4.78, 5) is 15.0. The van der Waals surface area contributed by atoms with E-state index >= 15 is 0 Å². The third-order valence-corrected chi connectivity index (χ3v) is 9.11. The number of esters is 1. The van der Waals surface area contributed by atoms with E-state index in [1.54, 1.807) is 28.1 Å². The van der Waals surface area contributed by atoms with Crippen LogP contribution in [0, 0.1) is 17.8 Å². The fraction of sp³-hybridized carbons (Fsp3) is 0.731. The zero-order valence-corrected chi connectivity index (χ0v) is 22.8. The average Bonchev–Trinajstić information content (AvgIpc) is 2.81. The Kier molecular flexibility index (Phi) is 9.46. The second-order valence-electron chi connectivity index (χ2n) is 10.5. The molecule has 1 aromatic carbocycles. The molecule has 0 saturated carbocycles. The average molecular weight is 511 g/mol. The Morgan fingerprint density at radius 3 is 2.43 bits per heavy atom. The van der Waals surface area contributed by atoms with Crippen molar-refractivity contribution in [3.05, 3.63) is 23.3 Å². The van der Waals surface area contributed by atoms with Gasteiger partial charge in [0.2, 0.25) is 10.0 Å². The first-order valence-electron chi connectivity index (χ1n) is 12.7. The maximum Gasteiger partial charge on any atom is 0.307 e. The maximum atomic E-state index is 12.4. The molecule has 3 rings (SSSR count). The van der Waals surface area contributed by atoms with Crippen molar-refractivity contribution < 1.29 is 27.4 Å². The minimum absolute atomic E-state index is 0.0307. The summed E-state index contributed by atoms with van der Waals surface area (Å²) in [5.74, 6) is 2.38. The van der Waals surface area contributed by atoms with Crippen molar-refractivity contribution in [2.45, 2.75) is 64.7 Å². The van der Waals surface area contributed by atoms with Gasteiger partial charge in [-0.2, -0.15) is 0 Å². The van der Waals surface area contributed by atoms with Crippen molar-refractivity contribution in [3.63, 3.8) is 0 Å². The number of hydrogen-bond acceptors (Lipinski definition) is 7. The molecule has 0 aliphatic carbocycles. The molecule has 2 heterocycles. The molecule has 1 N–H and O–H groups in total. The topological polar surface area (TPSA) is 94.2 Å². The van der Waals surface area contributed by atoms with Crippen LogP contribution in [0.4, 0.5) is 0 Å². The number of methoxy groups -OCH3 is 2. The molecule has 1 aromatic rings. The third kappa shape index (κ3) is 6.89. The zero-order valence-electron chi connectivity index (χ0n) is 22.0. The summed E-state index contributed by atoms with van der Waals surface area (Å²) in [6.07, 6.45) is 3.00. The molecular weight excluding hydrogens is 468 g/mol. The number of fused-ring (bicyclic) bond motifs is 3. The Bertz CT molecular complexity index is 978. The van der Waals surface area contributed by atoms with Crippen LogP contribution < -0.4 is 14.2 Å². The predicted octanol–water partition coefficient (Wildman–Crippen LogP) is 3.55. The Labute approximate surface area is 210 Å². The van der Waals surface area contributed by atoms with Crippen molar-refractivity contribution in [2.75, 3.05) is 40.5 Å². The molecule has 2 aliphatic rings. The van der Waals surface area contributed by atoms with Gasteiger partial charge >= 0.3 is 5.97 Å². The van der Waals surface area contributed by atoms with E-state index in [0.29, 0.717) is 18.4 Å². The Hall–Kier alpha value is -1.84. The molecule has 0 bridgehead atoms. The molecule has 2 aliphatic heterocycles. The van der Waals surface area contributed by atoms with Crippen LogP contribution in [0.5, 0.6) is 11.5 Å². The van der Waals surface area contributed by atoms with Gasteiger partial charge in [0.15, 0.2) is 11.5 Å². The number of nitrogens with zero attached hydrogens (tertiary/aromatic N) is 1. The van der Waals surface area contributed by atoms with E-state index in [9.17, 15) is 13.2 Å². The van der Waals surface area contributed by atoms with Crippen molar-refractivity contribution in [2.24, 2.45) is 17.8 Å². The van der Waals surface area contributed by atoms with Crippen molar-refractivity contribution >= 4 is 16.0 Å². The van der Waals surface area contributed by atoms with Gasteiger partial charge < -0.3 is 14.2 Å². The van der Waals surface area contributed by atoms with Crippen molar-refractivity contribution in [1.82, 2.24) is 9.62 Å². The van der Waals surface area contributed by atoms with Gasteiger partial charge in [0.05, 0.1) is 32.5 Å². The summed E-state index contributed by atoms with van der Waals surface area (Å²) in [6.45, 7) is 10.1. The van der Waals surface area contributed by atoms with Crippen molar-refractivity contribution in [1.29, 1.82) is 0 Å². The van der Waals surface area contributed by atoms with Crippen LogP contribution in [-0.4, -0.2) is 65.0 Å². The fourth-order valence-corrected chi connectivity index (χ4v) is 6.03. The lowest BCUT2D eigenvalue weighted by molar-refractivity contribution is -0.146. The van der Waals surface area contributed by atoms with E-state index in [-0.39, 0.29) is 30.9 Å². The van der Waals surface area contributed by atoms with Crippen LogP contribution in [0.3, 0.4) is 0 Å².